The van der Waals surface area contributed by atoms with Crippen molar-refractivity contribution in [1.82, 2.24) is 5.32 Å². The molecule has 0 aliphatic carbocycles. The number of allylic oxidation sites excluding steroid dienone is 7. The smallest absolute Gasteiger partial charge is 0.249 e. The summed E-state index contributed by atoms with van der Waals surface area (Å²) in [7, 11) is 0. The highest BCUT2D eigenvalue weighted by Crippen LogP contribution is 2.22. The monoisotopic (exact) mass is 808 g/mol. The lowest BCUT2D eigenvalue weighted by atomic mass is 9.99. The van der Waals surface area contributed by atoms with Crippen LogP contribution in [-0.4, -0.2) is 98.7 Å². The van der Waals surface area contributed by atoms with Crippen LogP contribution < -0.4 is 5.32 Å². The van der Waals surface area contributed by atoms with Crippen LogP contribution in [-0.2, 0) is 14.3 Å². The van der Waals surface area contributed by atoms with E-state index in [1.165, 1.54) is 109 Å². The van der Waals surface area contributed by atoms with E-state index in [4.69, 9.17) is 9.47 Å². The summed E-state index contributed by atoms with van der Waals surface area (Å²) in [6.07, 6.45) is 36.2. The second-order valence-electron chi connectivity index (χ2n) is 16.0. The van der Waals surface area contributed by atoms with Gasteiger partial charge in [-0.25, -0.2) is 0 Å². The molecule has 10 nitrogen and oxygen atoms in total. The van der Waals surface area contributed by atoms with Crippen LogP contribution in [0.15, 0.2) is 48.6 Å². The second kappa shape index (κ2) is 37.1. The topological polar surface area (TPSA) is 169 Å². The van der Waals surface area contributed by atoms with Crippen molar-refractivity contribution in [3.8, 4) is 0 Å². The van der Waals surface area contributed by atoms with Gasteiger partial charge in [0.05, 0.1) is 25.4 Å². The first kappa shape index (κ1) is 53.1. The molecule has 1 fully saturated rings. The molecule has 0 aromatic rings. The van der Waals surface area contributed by atoms with Gasteiger partial charge < -0.3 is 45.4 Å². The SMILES string of the molecule is CCCCC/C=C\C=C/CCCCCCCCCCCC(O)C(=O)NC(COC1OC(CO)C(O)C(O)C1O)C(O)/C=C/CC/C=C/CCCCCCCCCC. The molecular formula is C47H85NO9. The molecule has 1 saturated heterocycles. The van der Waals surface area contributed by atoms with E-state index >= 15 is 0 Å². The number of unbranched alkanes of at least 4 members (excludes halogenated alkanes) is 21. The van der Waals surface area contributed by atoms with Gasteiger partial charge in [0.1, 0.15) is 30.5 Å². The largest absolute Gasteiger partial charge is 0.394 e. The van der Waals surface area contributed by atoms with Gasteiger partial charge >= 0.3 is 0 Å². The molecule has 1 heterocycles. The number of amides is 1. The molecule has 1 amide bonds. The molecule has 1 aliphatic heterocycles. The normalized spacial score (nSPS) is 22.0. The van der Waals surface area contributed by atoms with E-state index in [0.29, 0.717) is 19.3 Å². The van der Waals surface area contributed by atoms with E-state index in [1.807, 2.05) is 6.08 Å². The van der Waals surface area contributed by atoms with Crippen molar-refractivity contribution in [1.29, 1.82) is 0 Å². The molecule has 0 aromatic carbocycles. The zero-order valence-electron chi connectivity index (χ0n) is 35.9. The first-order chi connectivity index (χ1) is 27.8. The Hall–Kier alpha value is -1.89. The Kier molecular flexibility index (Phi) is 34.6. The highest BCUT2D eigenvalue weighted by Gasteiger charge is 2.44. The Morgan fingerprint density at radius 3 is 1.67 bits per heavy atom. The quantitative estimate of drug-likeness (QED) is 0.0185. The Balaban J connectivity index is 2.44. The average molecular weight is 808 g/mol. The highest BCUT2D eigenvalue weighted by atomic mass is 16.7. The Labute approximate surface area is 346 Å². The summed E-state index contributed by atoms with van der Waals surface area (Å²) >= 11 is 0. The van der Waals surface area contributed by atoms with E-state index in [0.717, 1.165) is 38.5 Å². The third kappa shape index (κ3) is 27.5. The van der Waals surface area contributed by atoms with Gasteiger partial charge in [0.25, 0.3) is 0 Å². The first-order valence-corrected chi connectivity index (χ1v) is 23.0. The first-order valence-electron chi connectivity index (χ1n) is 23.0. The highest BCUT2D eigenvalue weighted by molar-refractivity contribution is 5.80. The fourth-order valence-corrected chi connectivity index (χ4v) is 6.93. The molecule has 8 unspecified atom stereocenters. The summed E-state index contributed by atoms with van der Waals surface area (Å²) in [5, 5.41) is 64.6. The van der Waals surface area contributed by atoms with E-state index in [2.05, 4.69) is 55.6 Å². The van der Waals surface area contributed by atoms with Crippen molar-refractivity contribution >= 4 is 5.91 Å². The van der Waals surface area contributed by atoms with Crippen molar-refractivity contribution in [2.75, 3.05) is 13.2 Å². The second-order valence-corrected chi connectivity index (χ2v) is 16.0. The summed E-state index contributed by atoms with van der Waals surface area (Å²) in [5.74, 6) is -0.633. The Morgan fingerprint density at radius 1 is 0.614 bits per heavy atom. The molecule has 332 valence electrons. The molecule has 1 aliphatic rings. The van der Waals surface area contributed by atoms with Gasteiger partial charge in [0.15, 0.2) is 6.29 Å². The van der Waals surface area contributed by atoms with Gasteiger partial charge in [-0.1, -0.05) is 172 Å². The minimum atomic E-state index is -1.62. The fraction of sp³-hybridized carbons (Fsp3) is 0.809. The Morgan fingerprint density at radius 2 is 1.09 bits per heavy atom. The molecule has 0 spiro atoms. The molecule has 1 rings (SSSR count). The number of carbonyl (C=O) groups excluding carboxylic acids is 1. The number of aliphatic hydroxyl groups excluding tert-OH is 6. The van der Waals surface area contributed by atoms with Crippen LogP contribution in [0.25, 0.3) is 0 Å². The zero-order valence-corrected chi connectivity index (χ0v) is 35.9. The van der Waals surface area contributed by atoms with Crippen molar-refractivity contribution in [3.63, 3.8) is 0 Å². The van der Waals surface area contributed by atoms with E-state index in [-0.39, 0.29) is 6.61 Å². The van der Waals surface area contributed by atoms with Crippen LogP contribution in [0.2, 0.25) is 0 Å². The molecule has 0 saturated carbocycles. The maximum atomic E-state index is 13.0. The summed E-state index contributed by atoms with van der Waals surface area (Å²) in [4.78, 5) is 13.0. The van der Waals surface area contributed by atoms with Crippen LogP contribution in [0.5, 0.6) is 0 Å². The van der Waals surface area contributed by atoms with Crippen LogP contribution in [0, 0.1) is 0 Å². The van der Waals surface area contributed by atoms with Crippen molar-refractivity contribution in [2.24, 2.45) is 0 Å². The van der Waals surface area contributed by atoms with Crippen molar-refractivity contribution < 1.29 is 44.9 Å². The minimum absolute atomic E-state index is 0.296. The van der Waals surface area contributed by atoms with E-state index in [9.17, 15) is 35.4 Å². The molecule has 10 heteroatoms. The molecule has 0 radical (unpaired) electrons. The van der Waals surface area contributed by atoms with Gasteiger partial charge in [-0.05, 0) is 57.8 Å². The van der Waals surface area contributed by atoms with Crippen LogP contribution >= 0.6 is 0 Å². The minimum Gasteiger partial charge on any atom is -0.394 e. The van der Waals surface area contributed by atoms with Crippen LogP contribution in [0.1, 0.15) is 181 Å². The zero-order chi connectivity index (χ0) is 41.8. The fourth-order valence-electron chi connectivity index (χ4n) is 6.93. The number of carbonyl (C=O) groups is 1. The average Bonchev–Trinajstić information content (AvgIpc) is 3.21. The van der Waals surface area contributed by atoms with Gasteiger partial charge in [-0.3, -0.25) is 4.79 Å². The van der Waals surface area contributed by atoms with Gasteiger partial charge in [-0.2, -0.15) is 0 Å². The number of aliphatic hydroxyl groups is 6. The predicted octanol–water partition coefficient (Wildman–Crippen LogP) is 8.42. The van der Waals surface area contributed by atoms with Gasteiger partial charge in [-0.15, -0.1) is 0 Å². The maximum Gasteiger partial charge on any atom is 0.249 e. The predicted molar refractivity (Wildman–Crippen MR) is 232 cm³/mol. The summed E-state index contributed by atoms with van der Waals surface area (Å²) in [6, 6.07) is -0.999. The molecule has 0 aromatic heterocycles. The molecule has 7 N–H and O–H groups in total. The molecule has 57 heavy (non-hydrogen) atoms. The molecule has 8 atom stereocenters. The number of rotatable bonds is 37. The summed E-state index contributed by atoms with van der Waals surface area (Å²) in [5.41, 5.74) is 0. The standard InChI is InChI=1S/C47H85NO9/c1-3-5-7-9-11-13-15-17-19-20-21-22-24-26-28-30-32-34-36-41(51)46(55)48-39(38-56-47-45(54)44(53)43(52)42(37-49)57-47)40(50)35-33-31-29-27-25-23-18-16-14-12-10-8-6-4-2/h11,13,15,17,25,27,33,35,39-45,47,49-54H,3-10,12,14,16,18-24,26,28-32,34,36-38H2,1-2H3,(H,48,55)/b13-11-,17-15-,27-25+,35-33+. The number of hydrogen-bond acceptors (Lipinski definition) is 9. The third-order valence-corrected chi connectivity index (χ3v) is 10.8. The van der Waals surface area contributed by atoms with Crippen LogP contribution in [0.4, 0.5) is 0 Å². The van der Waals surface area contributed by atoms with Gasteiger partial charge in [0, 0.05) is 0 Å². The summed E-state index contributed by atoms with van der Waals surface area (Å²) < 4.78 is 11.1. The lowest BCUT2D eigenvalue weighted by molar-refractivity contribution is -0.302. The molecule has 0 bridgehead atoms. The van der Waals surface area contributed by atoms with E-state index in [1.54, 1.807) is 6.08 Å². The van der Waals surface area contributed by atoms with Crippen molar-refractivity contribution in [3.05, 3.63) is 48.6 Å². The maximum absolute atomic E-state index is 13.0. The van der Waals surface area contributed by atoms with E-state index < -0.39 is 61.5 Å². The lowest BCUT2D eigenvalue weighted by Gasteiger charge is -2.40. The number of nitrogens with one attached hydrogen (secondary N) is 1. The number of ether oxygens (including phenoxy) is 2. The van der Waals surface area contributed by atoms with Gasteiger partial charge in [0.2, 0.25) is 5.91 Å². The number of hydrogen-bond donors (Lipinski definition) is 7. The van der Waals surface area contributed by atoms with Crippen LogP contribution in [0.3, 0.4) is 0 Å². The molecular weight excluding hydrogens is 723 g/mol. The lowest BCUT2D eigenvalue weighted by Crippen LogP contribution is -2.60. The Bertz CT molecular complexity index is 1050. The summed E-state index contributed by atoms with van der Waals surface area (Å²) in [6.45, 7) is 3.54. The van der Waals surface area contributed by atoms with Crippen molar-refractivity contribution in [2.45, 2.75) is 230 Å². The third-order valence-electron chi connectivity index (χ3n) is 10.8.